The van der Waals surface area contributed by atoms with Gasteiger partial charge >= 0.3 is 6.18 Å². The maximum atomic E-state index is 12.8. The van der Waals surface area contributed by atoms with E-state index in [0.29, 0.717) is 5.69 Å². The number of alkyl halides is 3. The van der Waals surface area contributed by atoms with Gasteiger partial charge in [-0.25, -0.2) is 4.98 Å². The molecule has 0 N–H and O–H groups in total. The van der Waals surface area contributed by atoms with Crippen LogP contribution in [-0.4, -0.2) is 15.2 Å². The summed E-state index contributed by atoms with van der Waals surface area (Å²) in [4.78, 5) is 4.46. The molecule has 0 fully saturated rings. The Hall–Kier alpha value is -3.00. The number of hydrogen-bond donors (Lipinski definition) is 0. The standard InChI is InChI=1S/C18H10F3N3OS/c19-18(20,21)13-8-4-7-12(9-13)15-23-24-16(25-15)14-10-26-17(22-14)11-5-2-1-3-6-11/h1-10H. The minimum Gasteiger partial charge on any atom is -0.415 e. The van der Waals surface area contributed by atoms with Gasteiger partial charge in [0.2, 0.25) is 5.89 Å². The first-order valence-electron chi connectivity index (χ1n) is 7.53. The highest BCUT2D eigenvalue weighted by Crippen LogP contribution is 2.33. The van der Waals surface area contributed by atoms with E-state index in [1.165, 1.54) is 23.5 Å². The molecule has 4 nitrogen and oxygen atoms in total. The largest absolute Gasteiger partial charge is 0.416 e. The van der Waals surface area contributed by atoms with Crippen molar-refractivity contribution in [1.29, 1.82) is 0 Å². The zero-order valence-electron chi connectivity index (χ0n) is 13.1. The molecule has 4 rings (SSSR count). The minimum atomic E-state index is -4.43. The van der Waals surface area contributed by atoms with E-state index in [9.17, 15) is 13.2 Å². The zero-order chi connectivity index (χ0) is 18.1. The highest BCUT2D eigenvalue weighted by Gasteiger charge is 2.30. The summed E-state index contributed by atoms with van der Waals surface area (Å²) in [7, 11) is 0. The average molecular weight is 373 g/mol. The molecule has 130 valence electrons. The fraction of sp³-hybridized carbons (Fsp3) is 0.0556. The molecule has 2 aromatic heterocycles. The maximum absolute atomic E-state index is 12.8. The first-order valence-corrected chi connectivity index (χ1v) is 8.41. The molecule has 2 heterocycles. The van der Waals surface area contributed by atoms with Crippen LogP contribution in [0, 0.1) is 0 Å². The lowest BCUT2D eigenvalue weighted by Gasteiger charge is -2.06. The smallest absolute Gasteiger partial charge is 0.415 e. The van der Waals surface area contributed by atoms with Crippen LogP contribution in [0.3, 0.4) is 0 Å². The highest BCUT2D eigenvalue weighted by atomic mass is 32.1. The van der Waals surface area contributed by atoms with Gasteiger partial charge in [-0.1, -0.05) is 36.4 Å². The average Bonchev–Trinajstić information content (AvgIpc) is 3.31. The van der Waals surface area contributed by atoms with Crippen LogP contribution in [0.4, 0.5) is 13.2 Å². The number of aromatic nitrogens is 3. The highest BCUT2D eigenvalue weighted by molar-refractivity contribution is 7.13. The summed E-state index contributed by atoms with van der Waals surface area (Å²) in [5, 5.41) is 10.3. The number of halogens is 3. The first-order chi connectivity index (χ1) is 12.5. The van der Waals surface area contributed by atoms with Crippen molar-refractivity contribution >= 4 is 11.3 Å². The van der Waals surface area contributed by atoms with E-state index in [1.54, 1.807) is 5.38 Å². The Bertz CT molecular complexity index is 1040. The maximum Gasteiger partial charge on any atom is 0.416 e. The van der Waals surface area contributed by atoms with Crippen molar-refractivity contribution in [2.45, 2.75) is 6.18 Å². The van der Waals surface area contributed by atoms with Crippen molar-refractivity contribution in [3.8, 4) is 33.6 Å². The van der Waals surface area contributed by atoms with E-state index < -0.39 is 11.7 Å². The number of benzene rings is 2. The molecule has 0 aliphatic rings. The number of hydrogen-bond acceptors (Lipinski definition) is 5. The fourth-order valence-corrected chi connectivity index (χ4v) is 3.16. The zero-order valence-corrected chi connectivity index (χ0v) is 13.9. The molecule has 2 aromatic carbocycles. The lowest BCUT2D eigenvalue weighted by atomic mass is 10.1. The van der Waals surface area contributed by atoms with Crippen LogP contribution in [0.2, 0.25) is 0 Å². The molecule has 0 aliphatic carbocycles. The van der Waals surface area contributed by atoms with Crippen LogP contribution >= 0.6 is 11.3 Å². The third-order valence-corrected chi connectivity index (χ3v) is 4.50. The van der Waals surface area contributed by atoms with Crippen LogP contribution < -0.4 is 0 Å². The van der Waals surface area contributed by atoms with Gasteiger partial charge in [-0.2, -0.15) is 13.2 Å². The number of nitrogens with zero attached hydrogens (tertiary/aromatic N) is 3. The summed E-state index contributed by atoms with van der Waals surface area (Å²) in [6, 6.07) is 14.4. The topological polar surface area (TPSA) is 51.8 Å². The molecule has 0 saturated carbocycles. The van der Waals surface area contributed by atoms with E-state index in [4.69, 9.17) is 4.42 Å². The Balaban J connectivity index is 1.64. The van der Waals surface area contributed by atoms with E-state index in [-0.39, 0.29) is 17.3 Å². The third-order valence-electron chi connectivity index (χ3n) is 3.61. The molecule has 0 radical (unpaired) electrons. The van der Waals surface area contributed by atoms with Gasteiger partial charge in [-0.05, 0) is 18.2 Å². The van der Waals surface area contributed by atoms with Crippen molar-refractivity contribution in [1.82, 2.24) is 15.2 Å². The van der Waals surface area contributed by atoms with Gasteiger partial charge in [0, 0.05) is 16.5 Å². The van der Waals surface area contributed by atoms with Gasteiger partial charge < -0.3 is 4.42 Å². The van der Waals surface area contributed by atoms with Crippen molar-refractivity contribution in [3.05, 3.63) is 65.5 Å². The summed E-state index contributed by atoms with van der Waals surface area (Å²) in [6.07, 6.45) is -4.43. The van der Waals surface area contributed by atoms with E-state index in [2.05, 4.69) is 15.2 Å². The van der Waals surface area contributed by atoms with Crippen LogP contribution in [0.25, 0.3) is 33.6 Å². The van der Waals surface area contributed by atoms with Crippen molar-refractivity contribution in [3.63, 3.8) is 0 Å². The molecule has 0 spiro atoms. The van der Waals surface area contributed by atoms with Gasteiger partial charge in [0.05, 0.1) is 5.56 Å². The molecular weight excluding hydrogens is 363 g/mol. The Morgan fingerprint density at radius 1 is 0.846 bits per heavy atom. The van der Waals surface area contributed by atoms with Gasteiger partial charge in [0.15, 0.2) is 0 Å². The molecule has 0 unspecified atom stereocenters. The lowest BCUT2D eigenvalue weighted by Crippen LogP contribution is -2.04. The Labute approximate surface area is 150 Å². The van der Waals surface area contributed by atoms with E-state index >= 15 is 0 Å². The minimum absolute atomic E-state index is 0.0142. The van der Waals surface area contributed by atoms with E-state index in [0.717, 1.165) is 22.7 Å². The second kappa shape index (κ2) is 6.38. The summed E-state index contributed by atoms with van der Waals surface area (Å²) in [5.74, 6) is 0.177. The second-order valence-corrected chi connectivity index (χ2v) is 6.25. The van der Waals surface area contributed by atoms with Crippen LogP contribution in [-0.2, 0) is 6.18 Å². The monoisotopic (exact) mass is 373 g/mol. The summed E-state index contributed by atoms with van der Waals surface area (Å²) < 4.78 is 44.1. The Morgan fingerprint density at radius 3 is 2.35 bits per heavy atom. The Kier molecular flexibility index (Phi) is 4.04. The lowest BCUT2D eigenvalue weighted by molar-refractivity contribution is -0.137. The molecule has 0 atom stereocenters. The van der Waals surface area contributed by atoms with Crippen molar-refractivity contribution in [2.24, 2.45) is 0 Å². The first kappa shape index (κ1) is 16.5. The van der Waals surface area contributed by atoms with Gasteiger partial charge in [0.25, 0.3) is 5.89 Å². The molecular formula is C18H10F3N3OS. The fourth-order valence-electron chi connectivity index (χ4n) is 2.36. The molecule has 0 bridgehead atoms. The number of thiazole rings is 1. The predicted octanol–water partition coefficient (Wildman–Crippen LogP) is 5.55. The predicted molar refractivity (Wildman–Crippen MR) is 91.3 cm³/mol. The quantitative estimate of drug-likeness (QED) is 0.473. The normalized spacial score (nSPS) is 11.7. The third kappa shape index (κ3) is 3.23. The summed E-state index contributed by atoms with van der Waals surface area (Å²) in [5.41, 5.74) is 0.882. The van der Waals surface area contributed by atoms with Crippen LogP contribution in [0.5, 0.6) is 0 Å². The molecule has 0 amide bonds. The van der Waals surface area contributed by atoms with Crippen LogP contribution in [0.15, 0.2) is 64.4 Å². The van der Waals surface area contributed by atoms with Gasteiger partial charge in [-0.3, -0.25) is 0 Å². The van der Waals surface area contributed by atoms with Crippen LogP contribution in [0.1, 0.15) is 5.56 Å². The second-order valence-electron chi connectivity index (χ2n) is 5.39. The number of rotatable bonds is 3. The van der Waals surface area contributed by atoms with Gasteiger partial charge in [-0.15, -0.1) is 21.5 Å². The Morgan fingerprint density at radius 2 is 1.58 bits per heavy atom. The molecule has 0 saturated heterocycles. The molecule has 4 aromatic rings. The van der Waals surface area contributed by atoms with Crippen molar-refractivity contribution < 1.29 is 17.6 Å². The van der Waals surface area contributed by atoms with Crippen molar-refractivity contribution in [2.75, 3.05) is 0 Å². The molecule has 8 heteroatoms. The SMILES string of the molecule is FC(F)(F)c1cccc(-c2nnc(-c3csc(-c4ccccc4)n3)o2)c1. The molecule has 26 heavy (non-hydrogen) atoms. The van der Waals surface area contributed by atoms with E-state index in [1.807, 2.05) is 30.3 Å². The summed E-state index contributed by atoms with van der Waals surface area (Å²) in [6.45, 7) is 0. The molecule has 0 aliphatic heterocycles. The van der Waals surface area contributed by atoms with Gasteiger partial charge in [0.1, 0.15) is 10.7 Å². The summed E-state index contributed by atoms with van der Waals surface area (Å²) >= 11 is 1.42.